The Morgan fingerprint density at radius 1 is 1.78 bits per heavy atom. The first-order chi connectivity index (χ1) is 4.27. The van der Waals surface area contributed by atoms with E-state index in [1.807, 2.05) is 0 Å². The van der Waals surface area contributed by atoms with E-state index in [1.165, 1.54) is 0 Å². The number of nitrogens with one attached hydrogen (secondary N) is 1. The van der Waals surface area contributed by atoms with Crippen molar-refractivity contribution in [3.05, 3.63) is 0 Å². The molecule has 0 atom stereocenters. The standard InChI is InChI=1S/C5H12N2O2/c1-9-4-2-3-7-5(6)8/h2-4H2,1H3,(H3,6,7,8). The summed E-state index contributed by atoms with van der Waals surface area (Å²) in [7, 11) is 1.62. The molecule has 0 unspecified atom stereocenters. The zero-order chi connectivity index (χ0) is 7.11. The molecular formula is C5H12N2O2. The van der Waals surface area contributed by atoms with Crippen LogP contribution in [0.2, 0.25) is 0 Å². The van der Waals surface area contributed by atoms with Gasteiger partial charge in [-0.25, -0.2) is 4.79 Å². The number of carbonyl (C=O) groups excluding carboxylic acids is 1. The van der Waals surface area contributed by atoms with Crippen LogP contribution >= 0.6 is 0 Å². The number of hydrogen-bond donors (Lipinski definition) is 2. The molecule has 0 radical (unpaired) electrons. The fraction of sp³-hybridized carbons (Fsp3) is 0.800. The molecule has 4 nitrogen and oxygen atoms in total. The van der Waals surface area contributed by atoms with Crippen molar-refractivity contribution in [2.45, 2.75) is 6.42 Å². The molecule has 0 bridgehead atoms. The van der Waals surface area contributed by atoms with Gasteiger partial charge < -0.3 is 15.8 Å². The van der Waals surface area contributed by atoms with Gasteiger partial charge in [-0.05, 0) is 6.42 Å². The van der Waals surface area contributed by atoms with Gasteiger partial charge in [-0.1, -0.05) is 0 Å². The smallest absolute Gasteiger partial charge is 0.312 e. The molecule has 0 rings (SSSR count). The maximum absolute atomic E-state index is 10.0. The van der Waals surface area contributed by atoms with Crippen LogP contribution in [0.1, 0.15) is 6.42 Å². The fourth-order valence-electron chi connectivity index (χ4n) is 0.428. The summed E-state index contributed by atoms with van der Waals surface area (Å²) >= 11 is 0. The minimum absolute atomic E-state index is 0.480. The van der Waals surface area contributed by atoms with E-state index in [-0.39, 0.29) is 0 Å². The number of nitrogens with two attached hydrogens (primary N) is 1. The molecule has 0 aromatic heterocycles. The highest BCUT2D eigenvalue weighted by Crippen LogP contribution is 1.75. The summed E-state index contributed by atoms with van der Waals surface area (Å²) in [6.07, 6.45) is 0.805. The van der Waals surface area contributed by atoms with Crippen LogP contribution in [-0.2, 0) is 4.74 Å². The van der Waals surface area contributed by atoms with E-state index in [1.54, 1.807) is 7.11 Å². The van der Waals surface area contributed by atoms with Crippen LogP contribution in [0.3, 0.4) is 0 Å². The van der Waals surface area contributed by atoms with Crippen LogP contribution in [0.5, 0.6) is 0 Å². The second-order valence-electron chi connectivity index (χ2n) is 1.64. The van der Waals surface area contributed by atoms with Gasteiger partial charge >= 0.3 is 6.03 Å². The molecule has 0 saturated carbocycles. The highest BCUT2D eigenvalue weighted by molar-refractivity contribution is 5.71. The number of amides is 2. The van der Waals surface area contributed by atoms with Crippen molar-refractivity contribution >= 4 is 6.03 Å². The first-order valence-corrected chi connectivity index (χ1v) is 2.79. The maximum Gasteiger partial charge on any atom is 0.312 e. The van der Waals surface area contributed by atoms with E-state index in [0.717, 1.165) is 6.42 Å². The van der Waals surface area contributed by atoms with Crippen molar-refractivity contribution in [3.8, 4) is 0 Å². The van der Waals surface area contributed by atoms with Gasteiger partial charge in [0.25, 0.3) is 0 Å². The van der Waals surface area contributed by atoms with Crippen LogP contribution in [0.4, 0.5) is 4.79 Å². The van der Waals surface area contributed by atoms with Gasteiger partial charge in [0.15, 0.2) is 0 Å². The average Bonchev–Trinajstić information content (AvgIpc) is 1.80. The lowest BCUT2D eigenvalue weighted by atomic mass is 10.4. The number of primary amides is 1. The number of rotatable bonds is 4. The number of urea groups is 1. The van der Waals surface area contributed by atoms with Crippen LogP contribution in [0, 0.1) is 0 Å². The molecule has 4 heteroatoms. The Balaban J connectivity index is 2.83. The van der Waals surface area contributed by atoms with Crippen LogP contribution in [-0.4, -0.2) is 26.3 Å². The van der Waals surface area contributed by atoms with Gasteiger partial charge in [0.1, 0.15) is 0 Å². The third-order valence-electron chi connectivity index (χ3n) is 0.824. The van der Waals surface area contributed by atoms with Gasteiger partial charge in [-0.2, -0.15) is 0 Å². The number of ether oxygens (including phenoxy) is 1. The molecule has 3 N–H and O–H groups in total. The van der Waals surface area contributed by atoms with Crippen molar-refractivity contribution < 1.29 is 9.53 Å². The molecule has 0 aromatic carbocycles. The van der Waals surface area contributed by atoms with E-state index < -0.39 is 6.03 Å². The summed E-state index contributed by atoms with van der Waals surface area (Å²) in [6.45, 7) is 1.24. The summed E-state index contributed by atoms with van der Waals surface area (Å²) in [5.74, 6) is 0. The highest BCUT2D eigenvalue weighted by atomic mass is 16.5. The molecule has 0 fully saturated rings. The summed E-state index contributed by atoms with van der Waals surface area (Å²) in [5.41, 5.74) is 4.78. The Bertz CT molecular complexity index is 85.0. The predicted octanol–water partition coefficient (Wildman–Crippen LogP) is -0.309. The monoisotopic (exact) mass is 132 g/mol. The van der Waals surface area contributed by atoms with E-state index in [4.69, 9.17) is 10.5 Å². The molecule has 9 heavy (non-hydrogen) atoms. The Morgan fingerprint density at radius 3 is 2.89 bits per heavy atom. The van der Waals surface area contributed by atoms with E-state index in [0.29, 0.717) is 13.2 Å². The molecule has 0 aliphatic heterocycles. The maximum atomic E-state index is 10.0. The molecule has 54 valence electrons. The number of hydrogen-bond acceptors (Lipinski definition) is 2. The minimum atomic E-state index is -0.480. The topological polar surface area (TPSA) is 64.3 Å². The van der Waals surface area contributed by atoms with Crippen molar-refractivity contribution in [2.75, 3.05) is 20.3 Å². The molecule has 0 spiro atoms. The quantitative estimate of drug-likeness (QED) is 0.515. The van der Waals surface area contributed by atoms with Crippen molar-refractivity contribution in [2.24, 2.45) is 5.73 Å². The van der Waals surface area contributed by atoms with E-state index in [2.05, 4.69) is 5.32 Å². The average molecular weight is 132 g/mol. The van der Waals surface area contributed by atoms with Crippen molar-refractivity contribution in [1.82, 2.24) is 5.32 Å². The van der Waals surface area contributed by atoms with Gasteiger partial charge in [0.2, 0.25) is 0 Å². The van der Waals surface area contributed by atoms with Crippen LogP contribution in [0.15, 0.2) is 0 Å². The lowest BCUT2D eigenvalue weighted by Crippen LogP contribution is -2.30. The SMILES string of the molecule is COCCCNC(N)=O. The third-order valence-corrected chi connectivity index (χ3v) is 0.824. The molecule has 0 saturated heterocycles. The van der Waals surface area contributed by atoms with Gasteiger partial charge in [0, 0.05) is 20.3 Å². The Labute approximate surface area is 54.4 Å². The summed E-state index contributed by atoms with van der Waals surface area (Å²) < 4.78 is 4.73. The normalized spacial score (nSPS) is 9.00. The Hall–Kier alpha value is -0.770. The Morgan fingerprint density at radius 2 is 2.44 bits per heavy atom. The number of methoxy groups -OCH3 is 1. The predicted molar refractivity (Wildman–Crippen MR) is 34.1 cm³/mol. The zero-order valence-electron chi connectivity index (χ0n) is 5.52. The van der Waals surface area contributed by atoms with E-state index >= 15 is 0 Å². The molecule has 0 aliphatic carbocycles. The summed E-state index contributed by atoms with van der Waals surface area (Å²) in [6, 6.07) is -0.480. The second-order valence-corrected chi connectivity index (χ2v) is 1.64. The first kappa shape index (κ1) is 8.23. The molecular weight excluding hydrogens is 120 g/mol. The molecule has 0 aromatic rings. The zero-order valence-corrected chi connectivity index (χ0v) is 5.52. The summed E-state index contributed by atoms with van der Waals surface area (Å²) in [5, 5.41) is 2.44. The van der Waals surface area contributed by atoms with Gasteiger partial charge in [-0.15, -0.1) is 0 Å². The van der Waals surface area contributed by atoms with Crippen molar-refractivity contribution in [1.29, 1.82) is 0 Å². The summed E-state index contributed by atoms with van der Waals surface area (Å²) in [4.78, 5) is 10.0. The van der Waals surface area contributed by atoms with Gasteiger partial charge in [-0.3, -0.25) is 0 Å². The van der Waals surface area contributed by atoms with Crippen LogP contribution < -0.4 is 11.1 Å². The Kier molecular flexibility index (Phi) is 4.91. The highest BCUT2D eigenvalue weighted by Gasteiger charge is 1.88. The number of carbonyl (C=O) groups is 1. The lowest BCUT2D eigenvalue weighted by Gasteiger charge is -1.98. The second kappa shape index (κ2) is 5.37. The largest absolute Gasteiger partial charge is 0.385 e. The lowest BCUT2D eigenvalue weighted by molar-refractivity contribution is 0.194. The van der Waals surface area contributed by atoms with E-state index in [9.17, 15) is 4.79 Å². The minimum Gasteiger partial charge on any atom is -0.385 e. The van der Waals surface area contributed by atoms with Crippen molar-refractivity contribution in [3.63, 3.8) is 0 Å². The third kappa shape index (κ3) is 7.23. The first-order valence-electron chi connectivity index (χ1n) is 2.79. The molecule has 2 amide bonds. The van der Waals surface area contributed by atoms with Gasteiger partial charge in [0.05, 0.1) is 0 Å². The fourth-order valence-corrected chi connectivity index (χ4v) is 0.428. The molecule has 0 heterocycles. The van der Waals surface area contributed by atoms with Crippen LogP contribution in [0.25, 0.3) is 0 Å². The molecule has 0 aliphatic rings.